The van der Waals surface area contributed by atoms with Crippen LogP contribution in [0.3, 0.4) is 0 Å². The predicted molar refractivity (Wildman–Crippen MR) is 328 cm³/mol. The molecule has 12 atom stereocenters. The Kier molecular flexibility index (Phi) is 31.5. The summed E-state index contributed by atoms with van der Waals surface area (Å²) < 4.78 is 0. The minimum Gasteiger partial charge on any atom is -0.390 e. The largest absolute Gasteiger partial charge is 0.390 e. The molecule has 5 N–H and O–H groups in total. The molecule has 0 aromatic carbocycles. The highest BCUT2D eigenvalue weighted by atomic mass is 16.3. The van der Waals surface area contributed by atoms with E-state index in [0.717, 1.165) is 9.80 Å². The monoisotopic (exact) mass is 1200 g/mol. The summed E-state index contributed by atoms with van der Waals surface area (Å²) in [7, 11) is 9.92. The molecule has 0 aromatic rings. The highest BCUT2D eigenvalue weighted by molar-refractivity contribution is 5.99. The maximum absolute atomic E-state index is 15.1. The molecule has 1 aliphatic heterocycles. The molecule has 0 bridgehead atoms. The highest BCUT2D eigenvalue weighted by Crippen LogP contribution is 2.26. The van der Waals surface area contributed by atoms with E-state index in [2.05, 4.69) is 21.3 Å². The van der Waals surface area contributed by atoms with Crippen molar-refractivity contribution in [1.29, 1.82) is 0 Å². The zero-order valence-corrected chi connectivity index (χ0v) is 56.1. The topological polar surface area (TPSA) is 279 Å². The lowest BCUT2D eigenvalue weighted by Gasteiger charge is -2.41. The van der Waals surface area contributed by atoms with Crippen molar-refractivity contribution in [2.75, 3.05) is 55.9 Å². The van der Waals surface area contributed by atoms with Crippen molar-refractivity contribution in [3.63, 3.8) is 0 Å². The maximum Gasteiger partial charge on any atom is 0.246 e. The van der Waals surface area contributed by atoms with E-state index in [1.54, 1.807) is 54.5 Å². The van der Waals surface area contributed by atoms with E-state index < -0.39 is 156 Å². The lowest BCUT2D eigenvalue weighted by Crippen LogP contribution is -2.63. The molecule has 1 heterocycles. The SMILES string of the molecule is C/C=C/C[C@@H](C)[C@@H](O)[C@H]1C(=O)N[C@@H](CC)C(=O)N(C)CC(=O)N(C)[C@@H](CC(C)C)C(=O)N[C@@H](C(C)C)C(=O)N(C)C(CC(C)C)C(=O)N[C@@H](C)C(=O)N[C@H](C)C(=O)N(C)[C@@H](CC(C)C)C(=O)N(C)[C@@H](CC(C)C)C(=O)N(C)[C@@H](C(C)C)C(=O)N1C. The summed E-state index contributed by atoms with van der Waals surface area (Å²) >= 11 is 0. The average molecular weight is 1200 g/mol. The summed E-state index contributed by atoms with van der Waals surface area (Å²) in [6.07, 6.45) is 3.04. The second-order valence-corrected chi connectivity index (χ2v) is 26.1. The summed E-state index contributed by atoms with van der Waals surface area (Å²) in [5, 5.41) is 23.1. The normalized spacial score (nSPS) is 26.9. The first-order chi connectivity index (χ1) is 39.2. The van der Waals surface area contributed by atoms with Crippen molar-refractivity contribution in [2.45, 2.75) is 223 Å². The fourth-order valence-electron chi connectivity index (χ4n) is 10.7. The van der Waals surface area contributed by atoms with E-state index in [9.17, 15) is 48.3 Å². The van der Waals surface area contributed by atoms with Crippen LogP contribution in [-0.4, -0.2) is 227 Å². The number of likely N-dealkylation sites (N-methyl/N-ethyl adjacent to an activating group) is 7. The number of hydrogen-bond acceptors (Lipinski definition) is 12. The Balaban J connectivity index is 4.32. The van der Waals surface area contributed by atoms with Gasteiger partial charge in [0.25, 0.3) is 0 Å². The van der Waals surface area contributed by atoms with Gasteiger partial charge in [-0.3, -0.25) is 52.7 Å². The molecular weight excluding hydrogens is 1090 g/mol. The fourth-order valence-corrected chi connectivity index (χ4v) is 10.7. The van der Waals surface area contributed by atoms with Gasteiger partial charge in [-0.2, -0.15) is 0 Å². The number of aliphatic hydroxyl groups excluding tert-OH is 1. The number of nitrogens with zero attached hydrogens (tertiary/aromatic N) is 7. The number of amides is 11. The standard InChI is InChI=1S/C62H111N11O12/c1-25-27-28-40(15)52(75)51-56(79)65-43(26-2)58(81)67(18)33-48(74)68(19)44(29-34(3)4)55(78)66-49(38(11)12)61(84)69(20)45(30-35(5)6)54(77)63-41(16)53(76)64-42(17)57(80)70(21)46(31-36(7)8)59(82)71(22)47(32-37(9)10)60(83)72(23)50(39(13)14)62(85)73(51)24/h25,27,34-47,49-52,75H,26,28-33H2,1-24H3,(H,63,77)(H,64,76)(H,65,79)(H,66,78)/b27-25+/t40-,41+,42-,43+,44+,45?,46+,47+,49+,50+,51+,52-/m1/s1. The summed E-state index contributed by atoms with van der Waals surface area (Å²) in [6, 6.07) is -12.3. The molecule has 0 saturated carbocycles. The van der Waals surface area contributed by atoms with Gasteiger partial charge in [-0.25, -0.2) is 0 Å². The summed E-state index contributed by atoms with van der Waals surface area (Å²) in [5.41, 5.74) is 0. The Morgan fingerprint density at radius 1 is 0.459 bits per heavy atom. The molecule has 0 spiro atoms. The zero-order valence-electron chi connectivity index (χ0n) is 56.1. The molecule has 23 nitrogen and oxygen atoms in total. The van der Waals surface area contributed by atoms with Gasteiger partial charge in [0.05, 0.1) is 12.6 Å². The number of rotatable bonds is 15. The minimum atomic E-state index is -1.61. The molecule has 23 heteroatoms. The predicted octanol–water partition coefficient (Wildman–Crippen LogP) is 3.27. The highest BCUT2D eigenvalue weighted by Gasteiger charge is 2.45. The van der Waals surface area contributed by atoms with E-state index in [0.29, 0.717) is 6.42 Å². The van der Waals surface area contributed by atoms with Gasteiger partial charge in [-0.15, -0.1) is 0 Å². The molecule has 0 radical (unpaired) electrons. The average Bonchev–Trinajstić information content (AvgIpc) is 3.62. The van der Waals surface area contributed by atoms with Crippen LogP contribution in [0, 0.1) is 41.4 Å². The fraction of sp³-hybridized carbons (Fsp3) is 0.790. The molecule has 0 aliphatic carbocycles. The zero-order chi connectivity index (χ0) is 66.0. The van der Waals surface area contributed by atoms with Crippen molar-refractivity contribution < 1.29 is 57.8 Å². The van der Waals surface area contributed by atoms with Crippen molar-refractivity contribution in [3.05, 3.63) is 12.2 Å². The molecule has 1 fully saturated rings. The van der Waals surface area contributed by atoms with E-state index in [-0.39, 0.29) is 55.8 Å². The van der Waals surface area contributed by atoms with Crippen LogP contribution >= 0.6 is 0 Å². The molecule has 1 unspecified atom stereocenters. The van der Waals surface area contributed by atoms with Gasteiger partial charge in [0, 0.05) is 49.3 Å². The van der Waals surface area contributed by atoms with Crippen LogP contribution in [-0.2, 0) is 52.7 Å². The van der Waals surface area contributed by atoms with Crippen LogP contribution in [0.2, 0.25) is 0 Å². The van der Waals surface area contributed by atoms with Gasteiger partial charge in [-0.05, 0) is 101 Å². The van der Waals surface area contributed by atoms with Crippen LogP contribution < -0.4 is 21.3 Å². The first kappa shape index (κ1) is 76.9. The number of carbonyl (C=O) groups is 11. The van der Waals surface area contributed by atoms with Crippen molar-refractivity contribution in [3.8, 4) is 0 Å². The lowest BCUT2D eigenvalue weighted by atomic mass is 9.91. The number of hydrogen-bond donors (Lipinski definition) is 5. The van der Waals surface area contributed by atoms with Crippen molar-refractivity contribution in [2.24, 2.45) is 41.4 Å². The number of allylic oxidation sites excluding steroid dienone is 2. The summed E-state index contributed by atoms with van der Waals surface area (Å²) in [4.78, 5) is 169. The quantitative estimate of drug-likeness (QED) is 0.148. The summed E-state index contributed by atoms with van der Waals surface area (Å²) in [5.74, 6) is -9.71. The van der Waals surface area contributed by atoms with E-state index in [4.69, 9.17) is 0 Å². The Hall–Kier alpha value is -6.13. The van der Waals surface area contributed by atoms with Crippen LogP contribution in [0.4, 0.5) is 0 Å². The molecule has 1 saturated heterocycles. The Labute approximate surface area is 508 Å². The van der Waals surface area contributed by atoms with E-state index in [1.165, 1.54) is 87.7 Å². The number of carbonyl (C=O) groups excluding carboxylic acids is 11. The number of nitrogens with one attached hydrogen (secondary N) is 4. The second kappa shape index (κ2) is 34.9. The first-order valence-corrected chi connectivity index (χ1v) is 30.6. The van der Waals surface area contributed by atoms with E-state index >= 15 is 9.59 Å². The van der Waals surface area contributed by atoms with Crippen LogP contribution in [0.1, 0.15) is 156 Å². The van der Waals surface area contributed by atoms with Gasteiger partial charge < -0.3 is 60.7 Å². The first-order valence-electron chi connectivity index (χ1n) is 30.6. The van der Waals surface area contributed by atoms with Gasteiger partial charge in [0.15, 0.2) is 0 Å². The van der Waals surface area contributed by atoms with Gasteiger partial charge >= 0.3 is 0 Å². The van der Waals surface area contributed by atoms with Crippen LogP contribution in [0.25, 0.3) is 0 Å². The molecule has 0 aromatic heterocycles. The minimum absolute atomic E-state index is 0.0229. The molecule has 11 amide bonds. The smallest absolute Gasteiger partial charge is 0.246 e. The van der Waals surface area contributed by atoms with Gasteiger partial charge in [-0.1, -0.05) is 109 Å². The molecule has 486 valence electrons. The molecule has 1 rings (SSSR count). The third-order valence-electron chi connectivity index (χ3n) is 16.1. The van der Waals surface area contributed by atoms with Crippen molar-refractivity contribution >= 4 is 65.0 Å². The lowest BCUT2D eigenvalue weighted by molar-refractivity contribution is -0.157. The molecule has 1 aliphatic rings. The Morgan fingerprint density at radius 3 is 1.32 bits per heavy atom. The van der Waals surface area contributed by atoms with Crippen molar-refractivity contribution in [1.82, 2.24) is 55.6 Å². The molecular formula is C62H111N11O12. The molecule has 85 heavy (non-hydrogen) atoms. The third-order valence-corrected chi connectivity index (χ3v) is 16.1. The van der Waals surface area contributed by atoms with E-state index in [1.807, 2.05) is 61.5 Å². The van der Waals surface area contributed by atoms with Gasteiger partial charge in [0.1, 0.15) is 60.4 Å². The third kappa shape index (κ3) is 21.7. The number of aliphatic hydroxyl groups is 1. The summed E-state index contributed by atoms with van der Waals surface area (Å²) in [6.45, 7) is 29.3. The second-order valence-electron chi connectivity index (χ2n) is 26.1. The van der Waals surface area contributed by atoms with Gasteiger partial charge in [0.2, 0.25) is 65.0 Å². The van der Waals surface area contributed by atoms with Crippen LogP contribution in [0.5, 0.6) is 0 Å². The Bertz CT molecular complexity index is 2330. The Morgan fingerprint density at radius 2 is 0.871 bits per heavy atom. The maximum atomic E-state index is 15.1. The van der Waals surface area contributed by atoms with Crippen LogP contribution in [0.15, 0.2) is 12.2 Å².